The van der Waals surface area contributed by atoms with Gasteiger partial charge in [-0.3, -0.25) is 0 Å². The molecule has 0 bridgehead atoms. The Balaban J connectivity index is 1.72. The average molecular weight is 246 g/mol. The van der Waals surface area contributed by atoms with Crippen molar-refractivity contribution in [1.82, 2.24) is 9.88 Å². The molecule has 1 N–H and O–H groups in total. The number of halogens is 1. The highest BCUT2D eigenvalue weighted by molar-refractivity contribution is 5.83. The van der Waals surface area contributed by atoms with Crippen LogP contribution in [0.4, 0.5) is 4.39 Å². The number of aromatic amines is 1. The standard InChI is InChI=1S/C15H19FN2/c1-18(12-4-2-5-12)9-8-11-10-17-15-13(11)6-3-7-14(15)16/h3,6-7,10,12,17H,2,4-5,8-9H2,1H3. The van der Waals surface area contributed by atoms with E-state index in [0.29, 0.717) is 5.52 Å². The highest BCUT2D eigenvalue weighted by atomic mass is 19.1. The first-order valence-electron chi connectivity index (χ1n) is 6.70. The molecule has 1 aromatic heterocycles. The molecule has 1 aliphatic carbocycles. The van der Waals surface area contributed by atoms with Gasteiger partial charge in [-0.25, -0.2) is 4.39 Å². The Labute approximate surface area is 107 Å². The van der Waals surface area contributed by atoms with E-state index in [4.69, 9.17) is 0 Å². The first-order chi connectivity index (χ1) is 8.75. The largest absolute Gasteiger partial charge is 0.359 e. The third-order valence-electron chi connectivity index (χ3n) is 4.18. The number of hydrogen-bond acceptors (Lipinski definition) is 1. The maximum Gasteiger partial charge on any atom is 0.147 e. The molecule has 0 spiro atoms. The molecule has 0 amide bonds. The molecule has 1 heterocycles. The summed E-state index contributed by atoms with van der Waals surface area (Å²) >= 11 is 0. The predicted molar refractivity (Wildman–Crippen MR) is 72.2 cm³/mol. The van der Waals surface area contributed by atoms with Crippen LogP contribution in [0.3, 0.4) is 0 Å². The Morgan fingerprint density at radius 3 is 2.94 bits per heavy atom. The molecule has 2 aromatic rings. The number of nitrogens with one attached hydrogen (secondary N) is 1. The van der Waals surface area contributed by atoms with E-state index in [2.05, 4.69) is 16.9 Å². The van der Waals surface area contributed by atoms with E-state index in [1.54, 1.807) is 6.07 Å². The molecule has 3 heteroatoms. The minimum Gasteiger partial charge on any atom is -0.359 e. The zero-order chi connectivity index (χ0) is 12.5. The van der Waals surface area contributed by atoms with Crippen molar-refractivity contribution >= 4 is 10.9 Å². The number of para-hydroxylation sites is 1. The molecule has 18 heavy (non-hydrogen) atoms. The molecule has 2 nitrogen and oxygen atoms in total. The monoisotopic (exact) mass is 246 g/mol. The van der Waals surface area contributed by atoms with Crippen molar-refractivity contribution in [3.8, 4) is 0 Å². The summed E-state index contributed by atoms with van der Waals surface area (Å²) in [6, 6.07) is 6.05. The molecule has 3 rings (SSSR count). The maximum absolute atomic E-state index is 13.5. The molecule has 1 aromatic carbocycles. The van der Waals surface area contributed by atoms with Crippen LogP contribution < -0.4 is 0 Å². The fraction of sp³-hybridized carbons (Fsp3) is 0.467. The van der Waals surface area contributed by atoms with Gasteiger partial charge in [-0.15, -0.1) is 0 Å². The highest BCUT2D eigenvalue weighted by Gasteiger charge is 2.21. The smallest absolute Gasteiger partial charge is 0.147 e. The van der Waals surface area contributed by atoms with Gasteiger partial charge in [-0.1, -0.05) is 18.6 Å². The summed E-state index contributed by atoms with van der Waals surface area (Å²) < 4.78 is 13.5. The van der Waals surface area contributed by atoms with Gasteiger partial charge in [0, 0.05) is 24.2 Å². The molecule has 1 saturated carbocycles. The van der Waals surface area contributed by atoms with Gasteiger partial charge in [-0.2, -0.15) is 0 Å². The van der Waals surface area contributed by atoms with Crippen molar-refractivity contribution in [1.29, 1.82) is 0 Å². The van der Waals surface area contributed by atoms with Crippen molar-refractivity contribution in [2.24, 2.45) is 0 Å². The molecule has 96 valence electrons. The Hall–Kier alpha value is -1.35. The Kier molecular flexibility index (Phi) is 3.08. The van der Waals surface area contributed by atoms with Crippen molar-refractivity contribution < 1.29 is 4.39 Å². The summed E-state index contributed by atoms with van der Waals surface area (Å²) in [6.07, 6.45) is 6.96. The van der Waals surface area contributed by atoms with Crippen LogP contribution in [0.5, 0.6) is 0 Å². The number of H-pyrrole nitrogens is 1. The van der Waals surface area contributed by atoms with Crippen LogP contribution in [-0.2, 0) is 6.42 Å². The van der Waals surface area contributed by atoms with Gasteiger partial charge in [0.2, 0.25) is 0 Å². The van der Waals surface area contributed by atoms with Gasteiger partial charge >= 0.3 is 0 Å². The normalized spacial score (nSPS) is 16.4. The quantitative estimate of drug-likeness (QED) is 0.876. The van der Waals surface area contributed by atoms with E-state index in [9.17, 15) is 4.39 Å². The zero-order valence-electron chi connectivity index (χ0n) is 10.7. The van der Waals surface area contributed by atoms with Gasteiger partial charge in [0.15, 0.2) is 0 Å². The van der Waals surface area contributed by atoms with Gasteiger partial charge < -0.3 is 9.88 Å². The summed E-state index contributed by atoms with van der Waals surface area (Å²) in [6.45, 7) is 1.05. The second-order valence-corrected chi connectivity index (χ2v) is 5.29. The first kappa shape index (κ1) is 11.7. The maximum atomic E-state index is 13.5. The number of fused-ring (bicyclic) bond motifs is 1. The number of nitrogens with zero attached hydrogens (tertiary/aromatic N) is 1. The van der Waals surface area contributed by atoms with Gasteiger partial charge in [-0.05, 0) is 37.9 Å². The predicted octanol–water partition coefficient (Wildman–Crippen LogP) is 3.33. The summed E-state index contributed by atoms with van der Waals surface area (Å²) in [7, 11) is 2.19. The molecule has 0 saturated heterocycles. The second kappa shape index (κ2) is 4.73. The van der Waals surface area contributed by atoms with E-state index in [1.165, 1.54) is 30.9 Å². The Bertz CT molecular complexity index is 542. The van der Waals surface area contributed by atoms with Gasteiger partial charge in [0.25, 0.3) is 0 Å². The van der Waals surface area contributed by atoms with Crippen LogP contribution >= 0.6 is 0 Å². The Morgan fingerprint density at radius 1 is 1.39 bits per heavy atom. The highest BCUT2D eigenvalue weighted by Crippen LogP contribution is 2.25. The van der Waals surface area contributed by atoms with Crippen molar-refractivity contribution in [3.05, 3.63) is 35.8 Å². The lowest BCUT2D eigenvalue weighted by atomic mass is 9.91. The van der Waals surface area contributed by atoms with Crippen LogP contribution in [0, 0.1) is 5.82 Å². The molecular formula is C15H19FN2. The zero-order valence-corrected chi connectivity index (χ0v) is 10.7. The summed E-state index contributed by atoms with van der Waals surface area (Å²) in [5, 5.41) is 1.03. The van der Waals surface area contributed by atoms with Gasteiger partial charge in [0.05, 0.1) is 5.52 Å². The van der Waals surface area contributed by atoms with Crippen LogP contribution in [0.25, 0.3) is 10.9 Å². The SMILES string of the molecule is CN(CCc1c[nH]c2c(F)cccc12)C1CCC1. The lowest BCUT2D eigenvalue weighted by Crippen LogP contribution is -2.38. The minimum atomic E-state index is -0.161. The number of rotatable bonds is 4. The fourth-order valence-corrected chi connectivity index (χ4v) is 2.69. The molecule has 0 aliphatic heterocycles. The fourth-order valence-electron chi connectivity index (χ4n) is 2.69. The van der Waals surface area contributed by atoms with Crippen LogP contribution in [0.2, 0.25) is 0 Å². The second-order valence-electron chi connectivity index (χ2n) is 5.29. The number of likely N-dealkylation sites (N-methyl/N-ethyl adjacent to an activating group) is 1. The summed E-state index contributed by atoms with van der Waals surface area (Å²) in [5.74, 6) is -0.161. The number of hydrogen-bond donors (Lipinski definition) is 1. The lowest BCUT2D eigenvalue weighted by molar-refractivity contribution is 0.161. The minimum absolute atomic E-state index is 0.161. The third kappa shape index (κ3) is 2.03. The van der Waals surface area contributed by atoms with E-state index in [0.717, 1.165) is 24.4 Å². The topological polar surface area (TPSA) is 19.0 Å². The third-order valence-corrected chi connectivity index (χ3v) is 4.18. The van der Waals surface area contributed by atoms with E-state index < -0.39 is 0 Å². The van der Waals surface area contributed by atoms with E-state index >= 15 is 0 Å². The first-order valence-corrected chi connectivity index (χ1v) is 6.70. The van der Waals surface area contributed by atoms with Crippen LogP contribution in [0.1, 0.15) is 24.8 Å². The average Bonchev–Trinajstić information content (AvgIpc) is 2.69. The van der Waals surface area contributed by atoms with E-state index in [-0.39, 0.29) is 5.82 Å². The van der Waals surface area contributed by atoms with Crippen molar-refractivity contribution in [2.45, 2.75) is 31.7 Å². The number of benzene rings is 1. The molecule has 0 radical (unpaired) electrons. The van der Waals surface area contributed by atoms with E-state index in [1.807, 2.05) is 12.3 Å². The molecule has 0 unspecified atom stereocenters. The van der Waals surface area contributed by atoms with Crippen molar-refractivity contribution in [2.75, 3.05) is 13.6 Å². The number of aromatic nitrogens is 1. The lowest BCUT2D eigenvalue weighted by Gasteiger charge is -2.34. The van der Waals surface area contributed by atoms with Crippen molar-refractivity contribution in [3.63, 3.8) is 0 Å². The van der Waals surface area contributed by atoms with Crippen LogP contribution in [-0.4, -0.2) is 29.5 Å². The van der Waals surface area contributed by atoms with Gasteiger partial charge in [0.1, 0.15) is 5.82 Å². The Morgan fingerprint density at radius 2 is 2.22 bits per heavy atom. The molecule has 1 fully saturated rings. The summed E-state index contributed by atoms with van der Waals surface area (Å²) in [4.78, 5) is 5.48. The van der Waals surface area contributed by atoms with Crippen LogP contribution in [0.15, 0.2) is 24.4 Å². The molecular weight excluding hydrogens is 227 g/mol. The molecule has 1 aliphatic rings. The molecule has 0 atom stereocenters. The summed E-state index contributed by atoms with van der Waals surface area (Å²) in [5.41, 5.74) is 1.86.